The predicted octanol–water partition coefficient (Wildman–Crippen LogP) is 6.35. The lowest BCUT2D eigenvalue weighted by Gasteiger charge is -2.59. The Morgan fingerprint density at radius 3 is 2.56 bits per heavy atom. The summed E-state index contributed by atoms with van der Waals surface area (Å²) in [6.45, 7) is 4.81. The maximum atomic E-state index is 12.7. The van der Waals surface area contributed by atoms with Crippen LogP contribution in [-0.4, -0.2) is 21.8 Å². The molecule has 0 saturated heterocycles. The molecule has 168 valence electrons. The standard InChI is InChI=1S/C27H31NO3S/c1-26-14-12-21-23(32-24(28-21)15-3-5-16(6-4-15)25(30)31)20(26)8-7-17-18-9-10-22(29)27(18,2)13-11-19(17)26/h3-6,17-20H,7-14H2,1-2H3,(H,30,31)/t17-,18-,19-,20?,26+,27-/m0/s1. The van der Waals surface area contributed by atoms with Crippen molar-refractivity contribution in [1.82, 2.24) is 4.98 Å². The fourth-order valence-corrected chi connectivity index (χ4v) is 9.51. The summed E-state index contributed by atoms with van der Waals surface area (Å²) in [5.41, 5.74) is 2.85. The molecule has 0 radical (unpaired) electrons. The van der Waals surface area contributed by atoms with Crippen molar-refractivity contribution in [1.29, 1.82) is 0 Å². The molecular weight excluding hydrogens is 418 g/mol. The van der Waals surface area contributed by atoms with E-state index >= 15 is 0 Å². The Bertz CT molecular complexity index is 1100. The molecule has 6 rings (SSSR count). The topological polar surface area (TPSA) is 67.3 Å². The van der Waals surface area contributed by atoms with E-state index in [1.807, 2.05) is 23.5 Å². The Morgan fingerprint density at radius 1 is 1.03 bits per heavy atom. The summed E-state index contributed by atoms with van der Waals surface area (Å²) in [5, 5.41) is 10.2. The molecule has 4 nitrogen and oxygen atoms in total. The number of carboxylic acid groups (broad SMARTS) is 1. The molecule has 3 fully saturated rings. The number of nitrogens with zero attached hydrogens (tertiary/aromatic N) is 1. The molecule has 32 heavy (non-hydrogen) atoms. The van der Waals surface area contributed by atoms with Gasteiger partial charge in [0.05, 0.1) is 11.3 Å². The van der Waals surface area contributed by atoms with E-state index in [4.69, 9.17) is 4.98 Å². The van der Waals surface area contributed by atoms with Gasteiger partial charge in [0.25, 0.3) is 0 Å². The Labute approximate surface area is 193 Å². The van der Waals surface area contributed by atoms with Crippen molar-refractivity contribution in [3.05, 3.63) is 40.4 Å². The van der Waals surface area contributed by atoms with Gasteiger partial charge in [-0.15, -0.1) is 11.3 Å². The van der Waals surface area contributed by atoms with Crippen LogP contribution in [0.5, 0.6) is 0 Å². The fraction of sp³-hybridized carbons (Fsp3) is 0.593. The van der Waals surface area contributed by atoms with Gasteiger partial charge in [0.1, 0.15) is 10.8 Å². The maximum Gasteiger partial charge on any atom is 0.335 e. The van der Waals surface area contributed by atoms with E-state index in [9.17, 15) is 14.7 Å². The van der Waals surface area contributed by atoms with Crippen LogP contribution in [0, 0.1) is 28.6 Å². The highest BCUT2D eigenvalue weighted by molar-refractivity contribution is 7.15. The van der Waals surface area contributed by atoms with Gasteiger partial charge in [-0.1, -0.05) is 26.0 Å². The fourth-order valence-electron chi connectivity index (χ4n) is 8.10. The van der Waals surface area contributed by atoms with Gasteiger partial charge < -0.3 is 5.11 Å². The molecule has 4 aliphatic rings. The molecule has 2 aromatic rings. The van der Waals surface area contributed by atoms with Gasteiger partial charge in [0, 0.05) is 28.2 Å². The number of benzene rings is 1. The Balaban J connectivity index is 1.31. The zero-order valence-electron chi connectivity index (χ0n) is 18.9. The molecule has 0 spiro atoms. The van der Waals surface area contributed by atoms with Crippen LogP contribution >= 0.6 is 11.3 Å². The van der Waals surface area contributed by atoms with Crippen molar-refractivity contribution in [2.24, 2.45) is 28.6 Å². The van der Waals surface area contributed by atoms with Crippen molar-refractivity contribution in [3.8, 4) is 10.6 Å². The normalized spacial score (nSPS) is 37.9. The number of hydrogen-bond acceptors (Lipinski definition) is 4. The summed E-state index contributed by atoms with van der Waals surface area (Å²) < 4.78 is 0. The van der Waals surface area contributed by atoms with E-state index in [1.54, 1.807) is 12.1 Å². The second-order valence-electron chi connectivity index (χ2n) is 11.1. The Kier molecular flexibility index (Phi) is 4.50. The Morgan fingerprint density at radius 2 is 1.81 bits per heavy atom. The highest BCUT2D eigenvalue weighted by atomic mass is 32.1. The van der Waals surface area contributed by atoms with Crippen LogP contribution in [0.25, 0.3) is 10.6 Å². The van der Waals surface area contributed by atoms with Gasteiger partial charge in [0.15, 0.2) is 0 Å². The van der Waals surface area contributed by atoms with Gasteiger partial charge in [0.2, 0.25) is 0 Å². The molecule has 6 atom stereocenters. The molecule has 4 aliphatic carbocycles. The molecule has 5 heteroatoms. The smallest absolute Gasteiger partial charge is 0.335 e. The summed E-state index contributed by atoms with van der Waals surface area (Å²) in [7, 11) is 0. The number of carbonyl (C=O) groups excluding carboxylic acids is 1. The minimum Gasteiger partial charge on any atom is -0.478 e. The molecule has 0 amide bonds. The van der Waals surface area contributed by atoms with Crippen LogP contribution in [0.15, 0.2) is 24.3 Å². The third kappa shape index (κ3) is 2.76. The first kappa shape index (κ1) is 20.6. The van der Waals surface area contributed by atoms with Crippen molar-refractivity contribution >= 4 is 23.1 Å². The van der Waals surface area contributed by atoms with Crippen molar-refractivity contribution in [2.75, 3.05) is 0 Å². The van der Waals surface area contributed by atoms with Crippen LogP contribution in [-0.2, 0) is 11.2 Å². The van der Waals surface area contributed by atoms with E-state index in [0.29, 0.717) is 34.5 Å². The van der Waals surface area contributed by atoms with E-state index < -0.39 is 5.97 Å². The van der Waals surface area contributed by atoms with E-state index in [2.05, 4.69) is 13.8 Å². The van der Waals surface area contributed by atoms with Gasteiger partial charge in [-0.25, -0.2) is 9.78 Å². The number of aryl methyl sites for hydroxylation is 1. The lowest BCUT2D eigenvalue weighted by atomic mass is 9.46. The number of aromatic carboxylic acids is 1. The molecule has 1 aromatic carbocycles. The summed E-state index contributed by atoms with van der Waals surface area (Å²) in [4.78, 5) is 30.4. The summed E-state index contributed by atoms with van der Waals surface area (Å²) in [5.74, 6) is 2.23. The van der Waals surface area contributed by atoms with E-state index in [1.165, 1.54) is 36.3 Å². The van der Waals surface area contributed by atoms with Crippen LogP contribution in [0.2, 0.25) is 0 Å². The number of hydrogen-bond donors (Lipinski definition) is 1. The number of carbonyl (C=O) groups is 2. The van der Waals surface area contributed by atoms with Gasteiger partial charge in [-0.05, 0) is 80.2 Å². The van der Waals surface area contributed by atoms with Crippen LogP contribution < -0.4 is 0 Å². The number of Topliss-reactive ketones (excluding diaryl/α,β-unsaturated/α-hetero) is 1. The van der Waals surface area contributed by atoms with Crippen molar-refractivity contribution < 1.29 is 14.7 Å². The molecule has 1 N–H and O–H groups in total. The van der Waals surface area contributed by atoms with Crippen LogP contribution in [0.3, 0.4) is 0 Å². The number of thiazole rings is 1. The van der Waals surface area contributed by atoms with E-state index in [-0.39, 0.29) is 5.41 Å². The number of fused-ring (bicyclic) bond motifs is 7. The third-order valence-electron chi connectivity index (χ3n) is 9.90. The predicted molar refractivity (Wildman–Crippen MR) is 125 cm³/mol. The summed E-state index contributed by atoms with van der Waals surface area (Å²) in [6, 6.07) is 7.14. The van der Waals surface area contributed by atoms with Crippen LogP contribution in [0.1, 0.15) is 85.6 Å². The third-order valence-corrected chi connectivity index (χ3v) is 11.2. The zero-order chi connectivity index (χ0) is 22.3. The van der Waals surface area contributed by atoms with Gasteiger partial charge in [-0.2, -0.15) is 0 Å². The number of aromatic nitrogens is 1. The zero-order valence-corrected chi connectivity index (χ0v) is 19.7. The molecule has 3 saturated carbocycles. The highest BCUT2D eigenvalue weighted by Gasteiger charge is 2.60. The highest BCUT2D eigenvalue weighted by Crippen LogP contribution is 2.67. The number of rotatable bonds is 2. The van der Waals surface area contributed by atoms with Crippen molar-refractivity contribution in [2.45, 2.75) is 71.1 Å². The minimum atomic E-state index is -0.893. The average molecular weight is 450 g/mol. The second kappa shape index (κ2) is 6.99. The molecule has 1 aromatic heterocycles. The first-order valence-electron chi connectivity index (χ1n) is 12.2. The Hall–Kier alpha value is -2.01. The van der Waals surface area contributed by atoms with E-state index in [0.717, 1.165) is 42.2 Å². The van der Waals surface area contributed by atoms with Crippen molar-refractivity contribution in [3.63, 3.8) is 0 Å². The summed E-state index contributed by atoms with van der Waals surface area (Å²) in [6.07, 6.45) is 8.89. The minimum absolute atomic E-state index is 0.0516. The first-order chi connectivity index (χ1) is 15.3. The molecule has 0 aliphatic heterocycles. The molecular formula is C27H31NO3S. The molecule has 1 unspecified atom stereocenters. The quantitative estimate of drug-likeness (QED) is 0.580. The largest absolute Gasteiger partial charge is 0.478 e. The maximum absolute atomic E-state index is 12.7. The average Bonchev–Trinajstić information content (AvgIpc) is 3.34. The lowest BCUT2D eigenvalue weighted by molar-refractivity contribution is -0.134. The molecule has 1 heterocycles. The SMILES string of the molecule is C[C@]12CCc3nc(-c4ccc(C(=O)O)cc4)sc3C1CC[C@@H]1[C@@H]2CC[C@]2(C)C(=O)CC[C@@H]12. The molecule has 0 bridgehead atoms. The van der Waals surface area contributed by atoms with Gasteiger partial charge in [-0.3, -0.25) is 4.79 Å². The number of ketones is 1. The van der Waals surface area contributed by atoms with Crippen LogP contribution in [0.4, 0.5) is 0 Å². The second-order valence-corrected chi connectivity index (χ2v) is 12.2. The lowest BCUT2D eigenvalue weighted by Crippen LogP contribution is -2.52. The number of carboxylic acids is 1. The summed E-state index contributed by atoms with van der Waals surface area (Å²) >= 11 is 1.83. The monoisotopic (exact) mass is 449 g/mol. The van der Waals surface area contributed by atoms with Gasteiger partial charge >= 0.3 is 5.97 Å². The first-order valence-corrected chi connectivity index (χ1v) is 13.0.